The second-order valence-electron chi connectivity index (χ2n) is 7.72. The molecular weight excluding hydrogens is 406 g/mol. The molecule has 5 heteroatoms. The first-order valence-electron chi connectivity index (χ1n) is 10.1. The van der Waals surface area contributed by atoms with Crippen LogP contribution < -0.4 is 0 Å². The molecule has 0 fully saturated rings. The summed E-state index contributed by atoms with van der Waals surface area (Å²) in [4.78, 5) is 10.8. The lowest BCUT2D eigenvalue weighted by atomic mass is 9.94. The predicted octanol–water partition coefficient (Wildman–Crippen LogP) is 8.08. The normalized spacial score (nSPS) is 10.9. The van der Waals surface area contributed by atoms with Crippen molar-refractivity contribution in [3.8, 4) is 6.07 Å². The zero-order chi connectivity index (χ0) is 22.7. The topological polar surface area (TPSA) is 41.3 Å². The number of nitriles is 1. The Labute approximate surface area is 188 Å². The van der Waals surface area contributed by atoms with E-state index in [0.29, 0.717) is 10.9 Å². The van der Waals surface area contributed by atoms with Crippen LogP contribution in [0.25, 0.3) is 63.4 Å². The van der Waals surface area contributed by atoms with E-state index in [1.165, 1.54) is 0 Å². The number of fused-ring (bicyclic) bond motifs is 10. The average Bonchev–Trinajstić information content (AvgIpc) is 3.26. The predicted molar refractivity (Wildman–Crippen MR) is 131 cm³/mol. The molecule has 0 bridgehead atoms. The van der Waals surface area contributed by atoms with E-state index in [4.69, 9.17) is 19.7 Å². The second kappa shape index (κ2) is 6.57. The van der Waals surface area contributed by atoms with Crippen molar-refractivity contribution in [2.24, 2.45) is 0 Å². The summed E-state index contributed by atoms with van der Waals surface area (Å²) in [5.74, 6) is 0. The van der Waals surface area contributed by atoms with E-state index in [1.807, 2.05) is 65.1 Å². The summed E-state index contributed by atoms with van der Waals surface area (Å²) in [6, 6.07) is 24.1. The van der Waals surface area contributed by atoms with Crippen molar-refractivity contribution in [3.05, 3.63) is 107 Å². The molecule has 0 N–H and O–H groups in total. The van der Waals surface area contributed by atoms with Crippen LogP contribution in [-0.4, -0.2) is 4.40 Å². The fourth-order valence-corrected chi connectivity index (χ4v) is 4.94. The number of pyridine rings is 1. The number of hydrogen-bond acceptors (Lipinski definition) is 1. The van der Waals surface area contributed by atoms with Crippen LogP contribution in [0.5, 0.6) is 0 Å². The summed E-state index contributed by atoms with van der Waals surface area (Å²) < 4.78 is 1.97. The van der Waals surface area contributed by atoms with Gasteiger partial charge in [0.15, 0.2) is 5.69 Å². The maximum absolute atomic E-state index is 10.2. The highest BCUT2D eigenvalue weighted by Crippen LogP contribution is 2.51. The van der Waals surface area contributed by atoms with Crippen LogP contribution in [0.3, 0.4) is 0 Å². The summed E-state index contributed by atoms with van der Waals surface area (Å²) in [7, 11) is 0. The number of rotatable bonds is 0. The van der Waals surface area contributed by atoms with Crippen LogP contribution >= 0.6 is 0 Å². The van der Waals surface area contributed by atoms with Crippen LogP contribution in [-0.2, 0) is 0 Å². The van der Waals surface area contributed by atoms with Gasteiger partial charge in [-0.2, -0.15) is 5.26 Å². The van der Waals surface area contributed by atoms with E-state index in [2.05, 4.69) is 26.7 Å². The first kappa shape index (κ1) is 18.4. The number of aromatic nitrogens is 1. The number of benzene rings is 4. The molecule has 5 nitrogen and oxygen atoms in total. The first-order chi connectivity index (χ1) is 16.2. The van der Waals surface area contributed by atoms with Gasteiger partial charge in [-0.3, -0.25) is 14.5 Å². The molecule has 4 aromatic carbocycles. The van der Waals surface area contributed by atoms with Gasteiger partial charge in [-0.1, -0.05) is 54.6 Å². The molecule has 6 aromatic rings. The van der Waals surface area contributed by atoms with Crippen molar-refractivity contribution in [1.82, 2.24) is 4.40 Å². The highest BCUT2D eigenvalue weighted by molar-refractivity contribution is 6.30. The van der Waals surface area contributed by atoms with E-state index in [9.17, 15) is 5.26 Å². The molecule has 148 valence electrons. The second-order valence-corrected chi connectivity index (χ2v) is 7.72. The molecule has 0 aliphatic carbocycles. The summed E-state index contributed by atoms with van der Waals surface area (Å²) in [6.45, 7) is 23.4. The Morgan fingerprint density at radius 2 is 1.36 bits per heavy atom. The van der Waals surface area contributed by atoms with E-state index >= 15 is 0 Å². The lowest BCUT2D eigenvalue weighted by molar-refractivity contribution is 1.34. The summed E-state index contributed by atoms with van der Waals surface area (Å²) in [5, 5.41) is 15.4. The van der Waals surface area contributed by atoms with Crippen LogP contribution in [0.1, 0.15) is 5.56 Å². The third kappa shape index (κ3) is 2.21. The van der Waals surface area contributed by atoms with Crippen molar-refractivity contribution >= 4 is 65.9 Å². The Kier molecular flexibility index (Phi) is 3.66. The Balaban J connectivity index is 2.16. The third-order valence-electron chi connectivity index (χ3n) is 6.23. The Morgan fingerprint density at radius 1 is 0.667 bits per heavy atom. The monoisotopic (exact) mass is 417 g/mol. The molecule has 0 unspecified atom stereocenters. The number of hydrogen-bond donors (Lipinski definition) is 0. The highest BCUT2D eigenvalue weighted by Gasteiger charge is 2.26. The van der Waals surface area contributed by atoms with Gasteiger partial charge in [0, 0.05) is 21.7 Å². The van der Waals surface area contributed by atoms with Crippen LogP contribution in [0.15, 0.2) is 66.7 Å². The fourth-order valence-electron chi connectivity index (χ4n) is 4.94. The molecule has 0 amide bonds. The third-order valence-corrected chi connectivity index (χ3v) is 6.23. The molecule has 0 atom stereocenters. The van der Waals surface area contributed by atoms with Crippen molar-refractivity contribution in [1.29, 1.82) is 5.26 Å². The van der Waals surface area contributed by atoms with Gasteiger partial charge >= 0.3 is 0 Å². The zero-order valence-corrected chi connectivity index (χ0v) is 17.1. The van der Waals surface area contributed by atoms with Gasteiger partial charge in [0.1, 0.15) is 0 Å². The summed E-state index contributed by atoms with van der Waals surface area (Å²) in [5.41, 5.74) is 2.39. The minimum atomic E-state index is -0.0651. The SMILES string of the molecule is [C-]#[N+]c1c([N+]#[C-])c(C#N)c2c(c1[N+]#[C-])c1c3ccccc3ccc1c1cc3ccccc3n12. The van der Waals surface area contributed by atoms with Crippen molar-refractivity contribution in [3.63, 3.8) is 0 Å². The standard InChI is InChI=1S/C28H11N5/c1-30-25-20(15-29)28-24(26(31-2)27(25)32-3)23-18-10-6-4-8-16(18)12-13-19(23)22-14-17-9-5-7-11-21(17)33(22)28/h4-14H. The number of nitrogens with zero attached hydrogens (tertiary/aromatic N) is 5. The maximum atomic E-state index is 10.2. The minimum Gasteiger partial charge on any atom is -0.310 e. The fraction of sp³-hybridized carbons (Fsp3) is 0. The minimum absolute atomic E-state index is 0.0610. The molecule has 0 spiro atoms. The van der Waals surface area contributed by atoms with E-state index in [0.717, 1.165) is 38.0 Å². The average molecular weight is 417 g/mol. The lowest BCUT2D eigenvalue weighted by Crippen LogP contribution is -1.96. The van der Waals surface area contributed by atoms with Crippen molar-refractivity contribution < 1.29 is 0 Å². The van der Waals surface area contributed by atoms with Crippen molar-refractivity contribution in [2.45, 2.75) is 0 Å². The molecular formula is C28H11N5. The Bertz CT molecular complexity index is 2020. The Morgan fingerprint density at radius 3 is 2.09 bits per heavy atom. The van der Waals surface area contributed by atoms with Crippen LogP contribution in [0.4, 0.5) is 17.1 Å². The van der Waals surface area contributed by atoms with Gasteiger partial charge in [0.05, 0.1) is 42.4 Å². The number of para-hydroxylation sites is 1. The van der Waals surface area contributed by atoms with Gasteiger partial charge < -0.3 is 4.40 Å². The molecule has 33 heavy (non-hydrogen) atoms. The first-order valence-corrected chi connectivity index (χ1v) is 10.1. The smallest absolute Gasteiger partial charge is 0.203 e. The van der Waals surface area contributed by atoms with E-state index in [1.54, 1.807) is 0 Å². The summed E-state index contributed by atoms with van der Waals surface area (Å²) in [6.07, 6.45) is 0. The van der Waals surface area contributed by atoms with Gasteiger partial charge in [-0.25, -0.2) is 0 Å². The molecule has 0 aliphatic heterocycles. The molecule has 0 saturated carbocycles. The summed E-state index contributed by atoms with van der Waals surface area (Å²) >= 11 is 0. The van der Waals surface area contributed by atoms with Gasteiger partial charge in [-0.05, 0) is 28.3 Å². The van der Waals surface area contributed by atoms with E-state index in [-0.39, 0.29) is 22.6 Å². The largest absolute Gasteiger partial charge is 0.310 e. The molecule has 0 aliphatic rings. The van der Waals surface area contributed by atoms with Gasteiger partial charge in [0.25, 0.3) is 0 Å². The molecule has 2 heterocycles. The van der Waals surface area contributed by atoms with Crippen molar-refractivity contribution in [2.75, 3.05) is 0 Å². The molecule has 6 rings (SSSR count). The Hall–Kier alpha value is -5.36. The van der Waals surface area contributed by atoms with Crippen LogP contribution in [0.2, 0.25) is 0 Å². The molecule has 0 radical (unpaired) electrons. The lowest BCUT2D eigenvalue weighted by Gasteiger charge is -2.17. The molecule has 2 aromatic heterocycles. The van der Waals surface area contributed by atoms with Gasteiger partial charge in [-0.15, -0.1) is 0 Å². The quantitative estimate of drug-likeness (QED) is 0.182. The highest BCUT2D eigenvalue weighted by atomic mass is 14.9. The maximum Gasteiger partial charge on any atom is 0.203 e. The molecule has 0 saturated heterocycles. The van der Waals surface area contributed by atoms with E-state index < -0.39 is 0 Å². The van der Waals surface area contributed by atoms with Crippen LogP contribution in [0, 0.1) is 31.0 Å². The van der Waals surface area contributed by atoms with Gasteiger partial charge in [0.2, 0.25) is 11.4 Å². The zero-order valence-electron chi connectivity index (χ0n) is 17.1.